The van der Waals surface area contributed by atoms with Crippen LogP contribution in [0.2, 0.25) is 0 Å². The molecule has 0 aromatic carbocycles. The van der Waals surface area contributed by atoms with E-state index in [1.165, 1.54) is 32.2 Å². The minimum absolute atomic E-state index is 0.413. The summed E-state index contributed by atoms with van der Waals surface area (Å²) >= 11 is 0. The van der Waals surface area contributed by atoms with E-state index in [-0.39, 0.29) is 0 Å². The summed E-state index contributed by atoms with van der Waals surface area (Å²) in [6.45, 7) is 6.63. The Morgan fingerprint density at radius 3 is 2.81 bits per heavy atom. The lowest BCUT2D eigenvalue weighted by Crippen LogP contribution is -2.55. The van der Waals surface area contributed by atoms with Crippen molar-refractivity contribution in [2.45, 2.75) is 44.8 Å². The average Bonchev–Trinajstić information content (AvgIpc) is 2.24. The van der Waals surface area contributed by atoms with Crippen molar-refractivity contribution in [3.8, 4) is 0 Å². The van der Waals surface area contributed by atoms with E-state index in [0.29, 0.717) is 12.1 Å². The van der Waals surface area contributed by atoms with Gasteiger partial charge < -0.3 is 10.1 Å². The van der Waals surface area contributed by atoms with Crippen LogP contribution in [-0.2, 0) is 4.74 Å². The lowest BCUT2D eigenvalue weighted by molar-refractivity contribution is -0.0618. The molecule has 3 heteroatoms. The van der Waals surface area contributed by atoms with Crippen LogP contribution in [0.15, 0.2) is 0 Å². The lowest BCUT2D eigenvalue weighted by Gasteiger charge is -2.42. The molecule has 1 saturated carbocycles. The van der Waals surface area contributed by atoms with Gasteiger partial charge in [0.1, 0.15) is 0 Å². The van der Waals surface area contributed by atoms with Crippen molar-refractivity contribution >= 4 is 0 Å². The molecular formula is C13H26N2O. The maximum Gasteiger partial charge on any atom is 0.0857 e. The molecule has 1 saturated heterocycles. The fourth-order valence-corrected chi connectivity index (χ4v) is 2.99. The van der Waals surface area contributed by atoms with Crippen LogP contribution < -0.4 is 5.32 Å². The zero-order chi connectivity index (χ0) is 11.4. The van der Waals surface area contributed by atoms with Gasteiger partial charge in [-0.2, -0.15) is 0 Å². The minimum Gasteiger partial charge on any atom is -0.374 e. The summed E-state index contributed by atoms with van der Waals surface area (Å²) in [6.07, 6.45) is 5.85. The molecule has 0 amide bonds. The molecule has 1 heterocycles. The van der Waals surface area contributed by atoms with Gasteiger partial charge in [-0.05, 0) is 38.8 Å². The Balaban J connectivity index is 1.85. The number of hydrogen-bond donors (Lipinski definition) is 1. The van der Waals surface area contributed by atoms with Crippen molar-refractivity contribution in [3.63, 3.8) is 0 Å². The maximum absolute atomic E-state index is 5.96. The van der Waals surface area contributed by atoms with Crippen molar-refractivity contribution in [3.05, 3.63) is 0 Å². The van der Waals surface area contributed by atoms with Gasteiger partial charge in [0.25, 0.3) is 0 Å². The molecule has 1 aliphatic carbocycles. The molecular weight excluding hydrogens is 200 g/mol. The summed E-state index contributed by atoms with van der Waals surface area (Å²) in [6, 6.07) is 0.577. The van der Waals surface area contributed by atoms with Gasteiger partial charge in [0.05, 0.1) is 12.7 Å². The van der Waals surface area contributed by atoms with E-state index in [1.807, 2.05) is 0 Å². The van der Waals surface area contributed by atoms with Gasteiger partial charge in [-0.3, -0.25) is 4.90 Å². The Bertz CT molecular complexity index is 204. The Morgan fingerprint density at radius 2 is 2.25 bits per heavy atom. The summed E-state index contributed by atoms with van der Waals surface area (Å²) in [4.78, 5) is 2.55. The average molecular weight is 226 g/mol. The fraction of sp³-hybridized carbons (Fsp3) is 1.00. The summed E-state index contributed by atoms with van der Waals surface area (Å²) < 4.78 is 5.96. The predicted molar refractivity (Wildman–Crippen MR) is 66.7 cm³/mol. The molecule has 0 aromatic rings. The molecule has 2 unspecified atom stereocenters. The predicted octanol–water partition coefficient (Wildman–Crippen LogP) is 1.49. The van der Waals surface area contributed by atoms with E-state index in [1.54, 1.807) is 0 Å². The Kier molecular flexibility index (Phi) is 4.62. The number of nitrogens with zero attached hydrogens (tertiary/aromatic N) is 1. The first kappa shape index (κ1) is 12.3. The highest BCUT2D eigenvalue weighted by atomic mass is 16.5. The zero-order valence-corrected chi connectivity index (χ0v) is 10.7. The molecule has 0 radical (unpaired) electrons. The van der Waals surface area contributed by atoms with Crippen LogP contribution in [0, 0.1) is 5.92 Å². The molecule has 2 atom stereocenters. The summed E-state index contributed by atoms with van der Waals surface area (Å²) in [5.41, 5.74) is 0. The van der Waals surface area contributed by atoms with E-state index in [2.05, 4.69) is 24.2 Å². The maximum atomic E-state index is 5.96. The number of likely N-dealkylation sites (N-methyl/N-ethyl adjacent to an activating group) is 1. The molecule has 3 nitrogen and oxygen atoms in total. The number of nitrogens with one attached hydrogen (secondary N) is 1. The second-order valence-electron chi connectivity index (χ2n) is 5.22. The first-order chi connectivity index (χ1) is 7.85. The molecule has 0 spiro atoms. The number of hydrogen-bond acceptors (Lipinski definition) is 3. The highest BCUT2D eigenvalue weighted by Gasteiger charge is 2.35. The van der Waals surface area contributed by atoms with Crippen molar-refractivity contribution in [2.75, 3.05) is 33.3 Å². The fourth-order valence-electron chi connectivity index (χ4n) is 2.99. The monoisotopic (exact) mass is 226 g/mol. The number of morpholine rings is 1. The highest BCUT2D eigenvalue weighted by Crippen LogP contribution is 2.32. The summed E-state index contributed by atoms with van der Waals surface area (Å²) in [5.74, 6) is 0.858. The van der Waals surface area contributed by atoms with Crippen LogP contribution in [0.3, 0.4) is 0 Å². The molecule has 2 fully saturated rings. The molecule has 0 aromatic heterocycles. The van der Waals surface area contributed by atoms with Crippen LogP contribution in [0.5, 0.6) is 0 Å². The molecule has 1 N–H and O–H groups in total. The largest absolute Gasteiger partial charge is 0.374 e. The van der Waals surface area contributed by atoms with Crippen molar-refractivity contribution in [2.24, 2.45) is 5.92 Å². The third kappa shape index (κ3) is 2.76. The topological polar surface area (TPSA) is 24.5 Å². The van der Waals surface area contributed by atoms with Crippen LogP contribution in [0.1, 0.15) is 32.6 Å². The zero-order valence-electron chi connectivity index (χ0n) is 10.7. The quantitative estimate of drug-likeness (QED) is 0.768. The second-order valence-corrected chi connectivity index (χ2v) is 5.22. The lowest BCUT2D eigenvalue weighted by atomic mass is 9.77. The van der Waals surface area contributed by atoms with E-state index in [9.17, 15) is 0 Å². The molecule has 0 bridgehead atoms. The third-order valence-corrected chi connectivity index (χ3v) is 4.11. The van der Waals surface area contributed by atoms with Gasteiger partial charge >= 0.3 is 0 Å². The van der Waals surface area contributed by atoms with Gasteiger partial charge in [0.2, 0.25) is 0 Å². The van der Waals surface area contributed by atoms with Gasteiger partial charge in [-0.15, -0.1) is 0 Å². The van der Waals surface area contributed by atoms with Crippen LogP contribution in [0.25, 0.3) is 0 Å². The van der Waals surface area contributed by atoms with Gasteiger partial charge in [-0.1, -0.05) is 13.3 Å². The van der Waals surface area contributed by atoms with Gasteiger partial charge in [0.15, 0.2) is 0 Å². The van der Waals surface area contributed by atoms with Crippen molar-refractivity contribution < 1.29 is 4.74 Å². The van der Waals surface area contributed by atoms with Crippen LogP contribution in [0.4, 0.5) is 0 Å². The van der Waals surface area contributed by atoms with E-state index < -0.39 is 0 Å². The SMILES string of the molecule is CCCN1CCOC(C(NC)C2CCC2)C1. The second kappa shape index (κ2) is 5.99. The highest BCUT2D eigenvalue weighted by molar-refractivity contribution is 4.90. The minimum atomic E-state index is 0.413. The smallest absolute Gasteiger partial charge is 0.0857 e. The van der Waals surface area contributed by atoms with Crippen LogP contribution >= 0.6 is 0 Å². The summed E-state index contributed by atoms with van der Waals surface area (Å²) in [5, 5.41) is 3.48. The first-order valence-electron chi connectivity index (χ1n) is 6.86. The Morgan fingerprint density at radius 1 is 1.44 bits per heavy atom. The molecule has 2 aliphatic rings. The van der Waals surface area contributed by atoms with E-state index in [4.69, 9.17) is 4.74 Å². The Labute approximate surface area is 99.5 Å². The summed E-state index contributed by atoms with van der Waals surface area (Å²) in [7, 11) is 2.09. The normalized spacial score (nSPS) is 30.0. The standard InChI is InChI=1S/C13H26N2O/c1-3-7-15-8-9-16-12(10-15)13(14-2)11-5-4-6-11/h11-14H,3-10H2,1-2H3. The molecule has 2 rings (SSSR count). The molecule has 1 aliphatic heterocycles. The first-order valence-corrected chi connectivity index (χ1v) is 6.86. The molecule has 16 heavy (non-hydrogen) atoms. The number of rotatable bonds is 5. The molecule has 94 valence electrons. The van der Waals surface area contributed by atoms with Gasteiger partial charge in [0, 0.05) is 19.1 Å². The van der Waals surface area contributed by atoms with Crippen LogP contribution in [-0.4, -0.2) is 50.3 Å². The third-order valence-electron chi connectivity index (χ3n) is 4.11. The van der Waals surface area contributed by atoms with Crippen molar-refractivity contribution in [1.82, 2.24) is 10.2 Å². The Hall–Kier alpha value is -0.120. The van der Waals surface area contributed by atoms with Gasteiger partial charge in [-0.25, -0.2) is 0 Å². The van der Waals surface area contributed by atoms with E-state index >= 15 is 0 Å². The number of ether oxygens (including phenoxy) is 1. The van der Waals surface area contributed by atoms with Crippen molar-refractivity contribution in [1.29, 1.82) is 0 Å². The van der Waals surface area contributed by atoms with E-state index in [0.717, 1.165) is 25.6 Å².